The topological polar surface area (TPSA) is 26.0 Å². The van der Waals surface area contributed by atoms with Crippen LogP contribution < -0.4 is 5.73 Å². The largest absolute Gasteiger partial charge is 0.318 e. The van der Waals surface area contributed by atoms with E-state index in [-0.39, 0.29) is 10.8 Å². The van der Waals surface area contributed by atoms with E-state index >= 15 is 0 Å². The molecule has 2 N–H and O–H groups in total. The van der Waals surface area contributed by atoms with Crippen LogP contribution in [0.2, 0.25) is 0 Å². The van der Waals surface area contributed by atoms with Gasteiger partial charge in [0.15, 0.2) is 0 Å². The van der Waals surface area contributed by atoms with Crippen molar-refractivity contribution in [3.8, 4) is 33.4 Å². The SMILES string of the molecule is Cc1ccc2c(c1)C(C)(C)c1cc3cc4c(cc3cc1-2)C(C)(C)c1cc2c(cc1-4)C(C)(N)c1cc(C)ccc1-2. The number of benzene rings is 5. The van der Waals surface area contributed by atoms with Crippen LogP contribution in [0.1, 0.15) is 79.1 Å². The molecular formula is C38H35N. The zero-order valence-corrected chi connectivity index (χ0v) is 24.0. The molecule has 5 aromatic carbocycles. The summed E-state index contributed by atoms with van der Waals surface area (Å²) in [4.78, 5) is 0. The summed E-state index contributed by atoms with van der Waals surface area (Å²) in [5, 5.41) is 2.65. The highest BCUT2D eigenvalue weighted by molar-refractivity contribution is 5.99. The van der Waals surface area contributed by atoms with Gasteiger partial charge in [0.1, 0.15) is 0 Å². The third-order valence-corrected chi connectivity index (χ3v) is 10.3. The Balaban J connectivity index is 1.37. The fraction of sp³-hybridized carbons (Fsp3) is 0.263. The van der Waals surface area contributed by atoms with Crippen molar-refractivity contribution in [3.63, 3.8) is 0 Å². The quantitative estimate of drug-likeness (QED) is 0.223. The van der Waals surface area contributed by atoms with E-state index < -0.39 is 5.54 Å². The third kappa shape index (κ3) is 2.74. The van der Waals surface area contributed by atoms with Gasteiger partial charge in [-0.25, -0.2) is 0 Å². The lowest BCUT2D eigenvalue weighted by Gasteiger charge is -2.24. The second-order valence-corrected chi connectivity index (χ2v) is 13.6. The molecule has 1 heteroatoms. The summed E-state index contributed by atoms with van der Waals surface area (Å²) in [6.07, 6.45) is 0. The van der Waals surface area contributed by atoms with E-state index in [1.807, 2.05) is 0 Å². The Morgan fingerprint density at radius 3 is 1.36 bits per heavy atom. The van der Waals surface area contributed by atoms with E-state index in [9.17, 15) is 0 Å². The number of hydrogen-bond acceptors (Lipinski definition) is 1. The van der Waals surface area contributed by atoms with Crippen LogP contribution in [0.25, 0.3) is 44.2 Å². The molecule has 5 aromatic rings. The third-order valence-electron chi connectivity index (χ3n) is 10.3. The number of fused-ring (bicyclic) bond motifs is 10. The van der Waals surface area contributed by atoms with Gasteiger partial charge < -0.3 is 5.73 Å². The maximum absolute atomic E-state index is 7.09. The minimum Gasteiger partial charge on any atom is -0.318 e. The second kappa shape index (κ2) is 6.90. The van der Waals surface area contributed by atoms with Crippen molar-refractivity contribution in [2.75, 3.05) is 0 Å². The van der Waals surface area contributed by atoms with Crippen LogP contribution in [0.5, 0.6) is 0 Å². The second-order valence-electron chi connectivity index (χ2n) is 13.6. The molecule has 0 spiro atoms. The summed E-state index contributed by atoms with van der Waals surface area (Å²) in [5.74, 6) is 0. The molecule has 8 rings (SSSR count). The van der Waals surface area contributed by atoms with Crippen molar-refractivity contribution >= 4 is 10.8 Å². The molecule has 0 fully saturated rings. The van der Waals surface area contributed by atoms with Crippen LogP contribution in [-0.4, -0.2) is 0 Å². The molecule has 0 heterocycles. The average molecular weight is 506 g/mol. The summed E-state index contributed by atoms with van der Waals surface area (Å²) >= 11 is 0. The first kappa shape index (κ1) is 23.2. The number of nitrogens with two attached hydrogens (primary N) is 1. The first-order valence-corrected chi connectivity index (χ1v) is 14.2. The monoisotopic (exact) mass is 505 g/mol. The maximum atomic E-state index is 7.09. The molecular weight excluding hydrogens is 470 g/mol. The highest BCUT2D eigenvalue weighted by atomic mass is 14.7. The number of aryl methyl sites for hydroxylation is 2. The zero-order chi connectivity index (χ0) is 27.2. The van der Waals surface area contributed by atoms with Crippen molar-refractivity contribution in [1.82, 2.24) is 0 Å². The molecule has 39 heavy (non-hydrogen) atoms. The highest BCUT2D eigenvalue weighted by Crippen LogP contribution is 2.56. The van der Waals surface area contributed by atoms with Crippen molar-refractivity contribution < 1.29 is 0 Å². The van der Waals surface area contributed by atoms with Gasteiger partial charge in [0.05, 0.1) is 5.54 Å². The van der Waals surface area contributed by atoms with Crippen LogP contribution in [0.3, 0.4) is 0 Å². The molecule has 3 aliphatic carbocycles. The first-order valence-electron chi connectivity index (χ1n) is 14.2. The summed E-state index contributed by atoms with van der Waals surface area (Å²) in [5.41, 5.74) is 25.3. The minimum absolute atomic E-state index is 0.00678. The van der Waals surface area contributed by atoms with Gasteiger partial charge in [-0.05, 0) is 135 Å². The van der Waals surface area contributed by atoms with E-state index in [1.165, 1.54) is 88.7 Å². The average Bonchev–Trinajstić information content (AvgIpc) is 3.34. The first-order chi connectivity index (χ1) is 18.4. The van der Waals surface area contributed by atoms with Crippen LogP contribution in [0.4, 0.5) is 0 Å². The summed E-state index contributed by atoms with van der Waals surface area (Å²) in [6, 6.07) is 28.4. The molecule has 3 aliphatic rings. The van der Waals surface area contributed by atoms with Gasteiger partial charge >= 0.3 is 0 Å². The van der Waals surface area contributed by atoms with Gasteiger partial charge in [-0.3, -0.25) is 0 Å². The van der Waals surface area contributed by atoms with Crippen molar-refractivity contribution in [2.24, 2.45) is 5.73 Å². The van der Waals surface area contributed by atoms with Crippen LogP contribution in [-0.2, 0) is 16.4 Å². The zero-order valence-electron chi connectivity index (χ0n) is 24.0. The van der Waals surface area contributed by atoms with Gasteiger partial charge in [0.2, 0.25) is 0 Å². The van der Waals surface area contributed by atoms with E-state index in [1.54, 1.807) is 0 Å². The van der Waals surface area contributed by atoms with Crippen LogP contribution >= 0.6 is 0 Å². The summed E-state index contributed by atoms with van der Waals surface area (Å²) in [6.45, 7) is 16.0. The molecule has 1 atom stereocenters. The van der Waals surface area contributed by atoms with Crippen LogP contribution in [0.15, 0.2) is 72.8 Å². The Labute approximate surface area is 231 Å². The predicted molar refractivity (Wildman–Crippen MR) is 165 cm³/mol. The lowest BCUT2D eigenvalue weighted by Crippen LogP contribution is -2.32. The smallest absolute Gasteiger partial charge is 0.0649 e. The molecule has 0 aliphatic heterocycles. The molecule has 0 amide bonds. The van der Waals surface area contributed by atoms with Gasteiger partial charge in [-0.2, -0.15) is 0 Å². The van der Waals surface area contributed by atoms with Crippen molar-refractivity contribution in [1.29, 1.82) is 0 Å². The highest BCUT2D eigenvalue weighted by Gasteiger charge is 2.42. The summed E-state index contributed by atoms with van der Waals surface area (Å²) in [7, 11) is 0. The van der Waals surface area contributed by atoms with Crippen LogP contribution in [0, 0.1) is 13.8 Å². The number of rotatable bonds is 0. The maximum Gasteiger partial charge on any atom is 0.0649 e. The minimum atomic E-state index is -0.496. The lowest BCUT2D eigenvalue weighted by molar-refractivity contribution is 0.619. The van der Waals surface area contributed by atoms with E-state index in [2.05, 4.69) is 121 Å². The molecule has 0 saturated carbocycles. The van der Waals surface area contributed by atoms with Gasteiger partial charge in [-0.15, -0.1) is 0 Å². The standard InChI is InChI=1S/C38H35N/c1-20-8-10-24-26-14-22-17-32-27(15-23(22)16-31(26)36(3,4)30(24)12-20)29-19-35-28(18-33(29)37(32,5)6)25-11-9-21(2)13-34(25)38(35,7)39/h8-19H,39H2,1-7H3. The predicted octanol–water partition coefficient (Wildman–Crippen LogP) is 9.27. The van der Waals surface area contributed by atoms with E-state index in [4.69, 9.17) is 5.73 Å². The Kier molecular flexibility index (Phi) is 4.11. The number of hydrogen-bond donors (Lipinski definition) is 1. The Bertz CT molecular complexity index is 1950. The van der Waals surface area contributed by atoms with Crippen molar-refractivity contribution in [2.45, 2.75) is 64.8 Å². The fourth-order valence-corrected chi connectivity index (χ4v) is 7.99. The molecule has 1 unspecified atom stereocenters. The fourth-order valence-electron chi connectivity index (χ4n) is 7.99. The molecule has 1 nitrogen and oxygen atoms in total. The van der Waals surface area contributed by atoms with E-state index in [0.717, 1.165) is 0 Å². The molecule has 0 aromatic heterocycles. The van der Waals surface area contributed by atoms with E-state index in [0.29, 0.717) is 0 Å². The van der Waals surface area contributed by atoms with Gasteiger partial charge in [0, 0.05) is 10.8 Å². The summed E-state index contributed by atoms with van der Waals surface area (Å²) < 4.78 is 0. The lowest BCUT2D eigenvalue weighted by atomic mass is 9.79. The van der Waals surface area contributed by atoms with Gasteiger partial charge in [0.25, 0.3) is 0 Å². The molecule has 0 radical (unpaired) electrons. The molecule has 0 saturated heterocycles. The van der Waals surface area contributed by atoms with Crippen molar-refractivity contribution in [3.05, 3.63) is 117 Å². The Morgan fingerprint density at radius 1 is 0.410 bits per heavy atom. The molecule has 0 bridgehead atoms. The normalized spacial score (nSPS) is 20.3. The Morgan fingerprint density at radius 2 is 0.769 bits per heavy atom. The van der Waals surface area contributed by atoms with Gasteiger partial charge in [-0.1, -0.05) is 75.2 Å². The Hall–Kier alpha value is -3.68. The molecule has 192 valence electrons.